The van der Waals surface area contributed by atoms with Gasteiger partial charge in [0.05, 0.1) is 12.5 Å². The molecule has 0 saturated carbocycles. The molecule has 1 atom stereocenters. The Bertz CT molecular complexity index is 295. The summed E-state index contributed by atoms with van der Waals surface area (Å²) in [6, 6.07) is -0.259. The Morgan fingerprint density at radius 3 is 2.63 bits per heavy atom. The Morgan fingerprint density at radius 2 is 2.05 bits per heavy atom. The first-order valence-corrected chi connectivity index (χ1v) is 7.61. The minimum absolute atomic E-state index is 0.114. The molecule has 0 aliphatic carbocycles. The number of urea groups is 1. The largest absolute Gasteiger partial charge is 0.481 e. The third kappa shape index (κ3) is 7.27. The van der Waals surface area contributed by atoms with Crippen LogP contribution in [-0.2, 0) is 9.53 Å². The molecule has 2 amide bonds. The highest BCUT2D eigenvalue weighted by Crippen LogP contribution is 2.21. The highest BCUT2D eigenvalue weighted by Gasteiger charge is 2.16. The molecule has 110 valence electrons. The smallest absolute Gasteiger partial charge is 0.314 e. The van der Waals surface area contributed by atoms with Gasteiger partial charge in [-0.05, 0) is 30.3 Å². The molecule has 1 rings (SSSR count). The highest BCUT2D eigenvalue weighted by molar-refractivity contribution is 7.99. The molecule has 1 aliphatic heterocycles. The van der Waals surface area contributed by atoms with E-state index in [1.807, 2.05) is 11.8 Å². The van der Waals surface area contributed by atoms with Crippen LogP contribution in [0.25, 0.3) is 0 Å². The molecule has 0 radical (unpaired) electrons. The average Bonchev–Trinajstić information content (AvgIpc) is 2.42. The van der Waals surface area contributed by atoms with Crippen molar-refractivity contribution in [2.75, 3.05) is 31.7 Å². The predicted molar refractivity (Wildman–Crippen MR) is 74.5 cm³/mol. The molecule has 3 N–H and O–H groups in total. The Balaban J connectivity index is 2.13. The number of carbonyl (C=O) groups is 2. The summed E-state index contributed by atoms with van der Waals surface area (Å²) in [6.07, 6.45) is 1.68. The number of hydrogen-bond donors (Lipinski definition) is 3. The summed E-state index contributed by atoms with van der Waals surface area (Å²) in [5.74, 6) is 1.95. The minimum atomic E-state index is -0.936. The van der Waals surface area contributed by atoms with Crippen molar-refractivity contribution in [1.29, 1.82) is 0 Å². The lowest BCUT2D eigenvalue weighted by Gasteiger charge is -2.22. The maximum absolute atomic E-state index is 11.6. The topological polar surface area (TPSA) is 87.7 Å². The quantitative estimate of drug-likeness (QED) is 0.649. The van der Waals surface area contributed by atoms with Gasteiger partial charge in [0, 0.05) is 20.2 Å². The van der Waals surface area contributed by atoms with Crippen LogP contribution in [0.1, 0.15) is 19.3 Å². The second-order valence-corrected chi connectivity index (χ2v) is 5.83. The van der Waals surface area contributed by atoms with Gasteiger partial charge in [-0.15, -0.1) is 0 Å². The summed E-state index contributed by atoms with van der Waals surface area (Å²) in [4.78, 5) is 22.1. The molecule has 0 spiro atoms. The zero-order valence-electron chi connectivity index (χ0n) is 11.2. The Hall–Kier alpha value is -0.950. The van der Waals surface area contributed by atoms with E-state index in [2.05, 4.69) is 10.6 Å². The van der Waals surface area contributed by atoms with Crippen LogP contribution < -0.4 is 10.6 Å². The zero-order valence-corrected chi connectivity index (χ0v) is 12.0. The number of carboxylic acid groups (broad SMARTS) is 1. The molecular formula is C12H22N2O4S. The first-order chi connectivity index (χ1) is 9.11. The second kappa shape index (κ2) is 9.03. The van der Waals surface area contributed by atoms with Crippen molar-refractivity contribution in [2.24, 2.45) is 5.92 Å². The number of methoxy groups -OCH3 is 1. The molecule has 1 aliphatic rings. The number of nitrogens with one attached hydrogen (secondary N) is 2. The van der Waals surface area contributed by atoms with Crippen molar-refractivity contribution in [2.45, 2.75) is 25.4 Å². The monoisotopic (exact) mass is 290 g/mol. The lowest BCUT2D eigenvalue weighted by atomic mass is 10.0. The standard InChI is InChI=1S/C12H22N2O4S/c1-18-10(6-11(15)16)8-14-12(17)13-7-9-2-4-19-5-3-9/h9-10H,2-8H2,1H3,(H,15,16)(H2,13,14,17). The van der Waals surface area contributed by atoms with Crippen LogP contribution in [0.5, 0.6) is 0 Å². The third-order valence-electron chi connectivity index (χ3n) is 3.12. The van der Waals surface area contributed by atoms with E-state index in [4.69, 9.17) is 9.84 Å². The number of rotatable bonds is 7. The van der Waals surface area contributed by atoms with E-state index in [9.17, 15) is 9.59 Å². The predicted octanol–water partition coefficient (Wildman–Crippen LogP) is 0.918. The normalized spacial score (nSPS) is 17.7. The molecule has 7 heteroatoms. The van der Waals surface area contributed by atoms with Gasteiger partial charge >= 0.3 is 12.0 Å². The third-order valence-corrected chi connectivity index (χ3v) is 4.17. The zero-order chi connectivity index (χ0) is 14.1. The fraction of sp³-hybridized carbons (Fsp3) is 0.833. The number of carboxylic acids is 1. The maximum Gasteiger partial charge on any atom is 0.314 e. The molecule has 1 fully saturated rings. The lowest BCUT2D eigenvalue weighted by molar-refractivity contribution is -0.139. The van der Waals surface area contributed by atoms with Gasteiger partial charge in [-0.3, -0.25) is 4.79 Å². The fourth-order valence-electron chi connectivity index (χ4n) is 1.89. The van der Waals surface area contributed by atoms with E-state index in [1.54, 1.807) is 0 Å². The summed E-state index contributed by atoms with van der Waals surface area (Å²) in [7, 11) is 1.44. The summed E-state index contributed by atoms with van der Waals surface area (Å²) in [6.45, 7) is 0.887. The van der Waals surface area contributed by atoms with Gasteiger partial charge in [0.15, 0.2) is 0 Å². The van der Waals surface area contributed by atoms with Crippen LogP contribution in [-0.4, -0.2) is 54.9 Å². The van der Waals surface area contributed by atoms with Crippen molar-refractivity contribution in [3.63, 3.8) is 0 Å². The first-order valence-electron chi connectivity index (χ1n) is 6.46. The van der Waals surface area contributed by atoms with Crippen molar-refractivity contribution in [1.82, 2.24) is 10.6 Å². The van der Waals surface area contributed by atoms with E-state index in [1.165, 1.54) is 18.6 Å². The average molecular weight is 290 g/mol. The van der Waals surface area contributed by atoms with Crippen LogP contribution in [0.4, 0.5) is 4.79 Å². The van der Waals surface area contributed by atoms with Gasteiger partial charge < -0.3 is 20.5 Å². The lowest BCUT2D eigenvalue weighted by Crippen LogP contribution is -2.42. The summed E-state index contributed by atoms with van der Waals surface area (Å²) < 4.78 is 4.98. The van der Waals surface area contributed by atoms with Gasteiger partial charge in [0.25, 0.3) is 0 Å². The Kier molecular flexibility index (Phi) is 7.66. The van der Waals surface area contributed by atoms with Crippen LogP contribution in [0.2, 0.25) is 0 Å². The highest BCUT2D eigenvalue weighted by atomic mass is 32.2. The first kappa shape index (κ1) is 16.1. The molecule has 1 unspecified atom stereocenters. The number of carbonyl (C=O) groups excluding carboxylic acids is 1. The molecular weight excluding hydrogens is 268 g/mol. The van der Waals surface area contributed by atoms with Crippen LogP contribution in [0.3, 0.4) is 0 Å². The summed E-state index contributed by atoms with van der Waals surface area (Å²) in [5.41, 5.74) is 0. The molecule has 0 aromatic heterocycles. The Morgan fingerprint density at radius 1 is 1.37 bits per heavy atom. The molecule has 19 heavy (non-hydrogen) atoms. The summed E-state index contributed by atoms with van der Waals surface area (Å²) >= 11 is 1.96. The molecule has 1 saturated heterocycles. The maximum atomic E-state index is 11.6. The van der Waals surface area contributed by atoms with Gasteiger partial charge in [-0.2, -0.15) is 11.8 Å². The van der Waals surface area contributed by atoms with E-state index in [-0.39, 0.29) is 19.0 Å². The fourth-order valence-corrected chi connectivity index (χ4v) is 3.09. The van der Waals surface area contributed by atoms with Crippen molar-refractivity contribution >= 4 is 23.8 Å². The molecule has 0 bridgehead atoms. The molecule has 0 aromatic carbocycles. The van der Waals surface area contributed by atoms with Gasteiger partial charge in [-0.1, -0.05) is 0 Å². The van der Waals surface area contributed by atoms with E-state index < -0.39 is 12.1 Å². The van der Waals surface area contributed by atoms with E-state index in [0.717, 1.165) is 12.8 Å². The number of thioether (sulfide) groups is 1. The number of ether oxygens (including phenoxy) is 1. The number of aliphatic carboxylic acids is 1. The number of hydrogen-bond acceptors (Lipinski definition) is 4. The van der Waals surface area contributed by atoms with Gasteiger partial charge in [0.2, 0.25) is 0 Å². The SMILES string of the molecule is COC(CNC(=O)NCC1CCSCC1)CC(=O)O. The van der Waals surface area contributed by atoms with Crippen molar-refractivity contribution in [3.8, 4) is 0 Å². The van der Waals surface area contributed by atoms with E-state index in [0.29, 0.717) is 12.5 Å². The van der Waals surface area contributed by atoms with Crippen molar-refractivity contribution in [3.05, 3.63) is 0 Å². The molecule has 0 aromatic rings. The van der Waals surface area contributed by atoms with Crippen molar-refractivity contribution < 1.29 is 19.4 Å². The Labute approximate surface area is 117 Å². The molecule has 6 nitrogen and oxygen atoms in total. The number of amides is 2. The molecule has 1 heterocycles. The van der Waals surface area contributed by atoms with Crippen LogP contribution in [0.15, 0.2) is 0 Å². The second-order valence-electron chi connectivity index (χ2n) is 4.60. The summed E-state index contributed by atoms with van der Waals surface area (Å²) in [5, 5.41) is 14.1. The van der Waals surface area contributed by atoms with Gasteiger partial charge in [-0.25, -0.2) is 4.79 Å². The van der Waals surface area contributed by atoms with E-state index >= 15 is 0 Å². The minimum Gasteiger partial charge on any atom is -0.481 e. The van der Waals surface area contributed by atoms with Crippen LogP contribution >= 0.6 is 11.8 Å². The van der Waals surface area contributed by atoms with Gasteiger partial charge in [0.1, 0.15) is 0 Å². The van der Waals surface area contributed by atoms with Crippen LogP contribution in [0, 0.1) is 5.92 Å².